The van der Waals surface area contributed by atoms with Crippen molar-refractivity contribution < 1.29 is 0 Å². The van der Waals surface area contributed by atoms with E-state index in [0.29, 0.717) is 22.8 Å². The van der Waals surface area contributed by atoms with Crippen LogP contribution in [0.4, 0.5) is 0 Å². The Morgan fingerprint density at radius 2 is 1.20 bits per heavy atom. The Morgan fingerprint density at radius 3 is 1.55 bits per heavy atom. The van der Waals surface area contributed by atoms with Gasteiger partial charge < -0.3 is 22.9 Å². The summed E-state index contributed by atoms with van der Waals surface area (Å²) < 4.78 is 0. The summed E-state index contributed by atoms with van der Waals surface area (Å²) in [5.74, 6) is -0.239. The van der Waals surface area contributed by atoms with E-state index in [2.05, 4.69) is 25.4 Å². The highest BCUT2D eigenvalue weighted by Gasteiger charge is 2.04. The van der Waals surface area contributed by atoms with Crippen molar-refractivity contribution in [1.29, 1.82) is 0 Å². The van der Waals surface area contributed by atoms with E-state index < -0.39 is 0 Å². The number of guanidine groups is 2. The van der Waals surface area contributed by atoms with E-state index in [9.17, 15) is 0 Å². The first-order valence-electron chi connectivity index (χ1n) is 5.64. The van der Waals surface area contributed by atoms with E-state index in [-0.39, 0.29) is 11.9 Å². The van der Waals surface area contributed by atoms with Crippen molar-refractivity contribution in [1.82, 2.24) is 4.98 Å². The Hall–Kier alpha value is -2.97. The van der Waals surface area contributed by atoms with Crippen molar-refractivity contribution >= 4 is 23.3 Å². The summed E-state index contributed by atoms with van der Waals surface area (Å²) in [6, 6.07) is 5.36. The van der Waals surface area contributed by atoms with Gasteiger partial charge in [-0.2, -0.15) is 10.2 Å². The fourth-order valence-corrected chi connectivity index (χ4v) is 1.21. The minimum atomic E-state index is -0.119. The predicted molar refractivity (Wildman–Crippen MR) is 80.3 cm³/mol. The summed E-state index contributed by atoms with van der Waals surface area (Å²) in [6.07, 6.45) is 0. The third kappa shape index (κ3) is 4.72. The van der Waals surface area contributed by atoms with E-state index in [0.717, 1.165) is 0 Å². The van der Waals surface area contributed by atoms with E-state index in [1.165, 1.54) is 0 Å². The van der Waals surface area contributed by atoms with Gasteiger partial charge >= 0.3 is 0 Å². The molecule has 106 valence electrons. The van der Waals surface area contributed by atoms with Crippen LogP contribution in [0, 0.1) is 0 Å². The average molecular weight is 275 g/mol. The van der Waals surface area contributed by atoms with Crippen LogP contribution < -0.4 is 22.9 Å². The average Bonchev–Trinajstić information content (AvgIpc) is 2.42. The molecule has 0 aliphatic rings. The van der Waals surface area contributed by atoms with Gasteiger partial charge in [-0.3, -0.25) is 0 Å². The molecule has 0 atom stereocenters. The molecule has 20 heavy (non-hydrogen) atoms. The van der Waals surface area contributed by atoms with Gasteiger partial charge in [-0.1, -0.05) is 6.07 Å². The van der Waals surface area contributed by atoms with Crippen molar-refractivity contribution in [2.75, 3.05) is 0 Å². The summed E-state index contributed by atoms with van der Waals surface area (Å²) in [5, 5.41) is 14.8. The normalized spacial score (nSPS) is 11.9. The number of aromatic nitrogens is 1. The number of rotatable bonds is 4. The number of hydrogen-bond donors (Lipinski definition) is 4. The number of hydrogen-bond acceptors (Lipinski definition) is 5. The van der Waals surface area contributed by atoms with Gasteiger partial charge in [0.25, 0.3) is 0 Å². The van der Waals surface area contributed by atoms with E-state index in [4.69, 9.17) is 22.9 Å². The quantitative estimate of drug-likeness (QED) is 0.316. The van der Waals surface area contributed by atoms with Gasteiger partial charge in [-0.05, 0) is 26.0 Å². The molecule has 0 saturated carbocycles. The lowest BCUT2D eigenvalue weighted by atomic mass is 10.2. The van der Waals surface area contributed by atoms with Crippen LogP contribution in [0.5, 0.6) is 0 Å². The van der Waals surface area contributed by atoms with Crippen LogP contribution in [-0.4, -0.2) is 28.3 Å². The topological polar surface area (TPSA) is 166 Å². The largest absolute Gasteiger partial charge is 0.369 e. The van der Waals surface area contributed by atoms with Crippen molar-refractivity contribution in [3.63, 3.8) is 0 Å². The third-order valence-corrected chi connectivity index (χ3v) is 2.12. The lowest BCUT2D eigenvalue weighted by molar-refractivity contribution is 1.15. The molecular formula is C11H17N9. The molecule has 1 aromatic heterocycles. The van der Waals surface area contributed by atoms with E-state index >= 15 is 0 Å². The predicted octanol–water partition coefficient (Wildman–Crippen LogP) is -0.924. The van der Waals surface area contributed by atoms with Crippen molar-refractivity contribution in [3.8, 4) is 0 Å². The first kappa shape index (κ1) is 15.1. The first-order valence-corrected chi connectivity index (χ1v) is 5.64. The van der Waals surface area contributed by atoms with Gasteiger partial charge in [0, 0.05) is 0 Å². The molecule has 0 amide bonds. The summed E-state index contributed by atoms with van der Waals surface area (Å²) in [4.78, 5) is 4.37. The third-order valence-electron chi connectivity index (χ3n) is 2.12. The van der Waals surface area contributed by atoms with Crippen LogP contribution in [0.1, 0.15) is 25.2 Å². The Bertz CT molecular complexity index is 540. The van der Waals surface area contributed by atoms with Crippen molar-refractivity contribution in [2.24, 2.45) is 43.3 Å². The summed E-state index contributed by atoms with van der Waals surface area (Å²) in [7, 11) is 0. The van der Waals surface area contributed by atoms with Gasteiger partial charge in [0.05, 0.1) is 22.8 Å². The summed E-state index contributed by atoms with van der Waals surface area (Å²) in [5.41, 5.74) is 23.2. The number of pyridine rings is 1. The van der Waals surface area contributed by atoms with Gasteiger partial charge in [0.15, 0.2) is 0 Å². The van der Waals surface area contributed by atoms with Gasteiger partial charge in [-0.15, -0.1) is 10.2 Å². The molecule has 9 nitrogen and oxygen atoms in total. The summed E-state index contributed by atoms with van der Waals surface area (Å²) in [6.45, 7) is 3.47. The molecule has 0 aliphatic heterocycles. The zero-order valence-electron chi connectivity index (χ0n) is 11.3. The fourth-order valence-electron chi connectivity index (χ4n) is 1.21. The molecule has 1 aromatic rings. The lowest BCUT2D eigenvalue weighted by Crippen LogP contribution is -2.22. The molecular weight excluding hydrogens is 258 g/mol. The van der Waals surface area contributed by atoms with E-state index in [1.54, 1.807) is 32.0 Å². The molecule has 0 radical (unpaired) electrons. The van der Waals surface area contributed by atoms with Crippen LogP contribution in [0.25, 0.3) is 0 Å². The second kappa shape index (κ2) is 6.83. The highest BCUT2D eigenvalue weighted by atomic mass is 15.3. The number of nitrogens with zero attached hydrogens (tertiary/aromatic N) is 5. The second-order valence-electron chi connectivity index (χ2n) is 3.83. The fraction of sp³-hybridized carbons (Fsp3) is 0.182. The van der Waals surface area contributed by atoms with Crippen molar-refractivity contribution in [2.45, 2.75) is 13.8 Å². The molecule has 1 rings (SSSR count). The van der Waals surface area contributed by atoms with Gasteiger partial charge in [0.2, 0.25) is 11.9 Å². The maximum atomic E-state index is 5.21. The minimum absolute atomic E-state index is 0.119. The second-order valence-corrected chi connectivity index (χ2v) is 3.83. The van der Waals surface area contributed by atoms with Crippen LogP contribution >= 0.6 is 0 Å². The highest BCUT2D eigenvalue weighted by Crippen LogP contribution is 2.03. The van der Waals surface area contributed by atoms with Crippen molar-refractivity contribution in [3.05, 3.63) is 29.6 Å². The Balaban J connectivity index is 3.08. The van der Waals surface area contributed by atoms with Gasteiger partial charge in [0.1, 0.15) is 0 Å². The molecule has 9 heteroatoms. The zero-order chi connectivity index (χ0) is 15.1. The molecule has 0 saturated heterocycles. The Labute approximate surface area is 116 Å². The smallest absolute Gasteiger partial charge is 0.211 e. The van der Waals surface area contributed by atoms with Crippen LogP contribution in [0.15, 0.2) is 38.6 Å². The molecule has 0 spiro atoms. The molecule has 0 fully saturated rings. The van der Waals surface area contributed by atoms with Gasteiger partial charge in [-0.25, -0.2) is 4.98 Å². The standard InChI is InChI=1S/C11H17N9/c1-6(17-19-10(12)13)8-4-3-5-9(16-8)7(2)18-20-11(14)15/h3-5H,1-2H3,(H4,12,13,19)(H4,14,15,20)/b17-6-,18-7+. The van der Waals surface area contributed by atoms with Crippen LogP contribution in [-0.2, 0) is 0 Å². The molecule has 0 unspecified atom stereocenters. The summed E-state index contributed by atoms with van der Waals surface area (Å²) >= 11 is 0. The molecule has 0 bridgehead atoms. The molecule has 1 heterocycles. The maximum Gasteiger partial charge on any atom is 0.211 e. The molecule has 0 aromatic carbocycles. The monoisotopic (exact) mass is 275 g/mol. The molecule has 0 aliphatic carbocycles. The highest BCUT2D eigenvalue weighted by molar-refractivity contribution is 6.01. The van der Waals surface area contributed by atoms with E-state index in [1.807, 2.05) is 0 Å². The zero-order valence-corrected chi connectivity index (χ0v) is 11.3. The minimum Gasteiger partial charge on any atom is -0.369 e. The first-order chi connectivity index (χ1) is 9.40. The Kier molecular flexibility index (Phi) is 5.15. The number of nitrogens with two attached hydrogens (primary N) is 4. The van der Waals surface area contributed by atoms with Crippen LogP contribution in [0.3, 0.4) is 0 Å². The van der Waals surface area contributed by atoms with Crippen LogP contribution in [0.2, 0.25) is 0 Å². The molecule has 8 N–H and O–H groups in total. The Morgan fingerprint density at radius 1 is 0.800 bits per heavy atom. The maximum absolute atomic E-state index is 5.21. The SMILES string of the molecule is C/C(=N/N=C(N)N)c1cccc(/C(C)=N/N=C(N)N)n1. The lowest BCUT2D eigenvalue weighted by Gasteiger charge is -2.02.